The molecule has 0 fully saturated rings. The van der Waals surface area contributed by atoms with Crippen molar-refractivity contribution in [2.24, 2.45) is 0 Å². The lowest BCUT2D eigenvalue weighted by Gasteiger charge is -2.35. The molecule has 0 bridgehead atoms. The summed E-state index contributed by atoms with van der Waals surface area (Å²) < 4.78 is 8.50. The highest BCUT2D eigenvalue weighted by molar-refractivity contribution is 9.10. The Morgan fingerprint density at radius 2 is 1.17 bits per heavy atom. The first-order chi connectivity index (χ1) is 17.6. The maximum atomic E-state index is 6.34. The Hall–Kier alpha value is -3.40. The van der Waals surface area contributed by atoms with Gasteiger partial charge < -0.3 is 4.42 Å². The maximum Gasteiger partial charge on any atom is 0.136 e. The Bertz CT molecular complexity index is 1870. The van der Waals surface area contributed by atoms with Crippen LogP contribution >= 0.6 is 31.9 Å². The minimum Gasteiger partial charge on any atom is -0.456 e. The van der Waals surface area contributed by atoms with Crippen LogP contribution in [-0.2, 0) is 5.41 Å². The number of benzene rings is 5. The third-order valence-electron chi connectivity index (χ3n) is 7.82. The molecule has 1 aromatic heterocycles. The molecule has 36 heavy (non-hydrogen) atoms. The van der Waals surface area contributed by atoms with Crippen LogP contribution in [0.1, 0.15) is 33.4 Å². The van der Waals surface area contributed by atoms with Crippen LogP contribution in [0.2, 0.25) is 0 Å². The Balaban J connectivity index is 1.63. The molecule has 0 amide bonds. The van der Waals surface area contributed by atoms with Crippen LogP contribution in [0.3, 0.4) is 0 Å². The van der Waals surface area contributed by atoms with E-state index in [4.69, 9.17) is 4.42 Å². The topological polar surface area (TPSA) is 13.1 Å². The molecule has 0 atom stereocenters. The van der Waals surface area contributed by atoms with Crippen molar-refractivity contribution >= 4 is 66.0 Å². The molecular formula is C33H18Br2O. The summed E-state index contributed by atoms with van der Waals surface area (Å²) in [6.07, 6.45) is 4.52. The normalized spacial score (nSPS) is 14.5. The van der Waals surface area contributed by atoms with E-state index in [1.54, 1.807) is 0 Å². The molecule has 0 aliphatic heterocycles. The van der Waals surface area contributed by atoms with E-state index >= 15 is 0 Å². The molecule has 0 unspecified atom stereocenters. The van der Waals surface area contributed by atoms with Gasteiger partial charge >= 0.3 is 0 Å². The summed E-state index contributed by atoms with van der Waals surface area (Å²) in [5.74, 6) is 0. The summed E-state index contributed by atoms with van der Waals surface area (Å²) in [6.45, 7) is 0. The van der Waals surface area contributed by atoms with Gasteiger partial charge in [0.1, 0.15) is 11.2 Å². The summed E-state index contributed by atoms with van der Waals surface area (Å²) >= 11 is 7.60. The van der Waals surface area contributed by atoms with Crippen LogP contribution in [0.4, 0.5) is 0 Å². The highest BCUT2D eigenvalue weighted by Crippen LogP contribution is 2.60. The minimum absolute atomic E-state index is 0.472. The molecule has 2 aliphatic rings. The predicted octanol–water partition coefficient (Wildman–Crippen LogP) is 9.96. The van der Waals surface area contributed by atoms with Crippen molar-refractivity contribution in [3.05, 3.63) is 139 Å². The quantitative estimate of drug-likeness (QED) is 0.171. The van der Waals surface area contributed by atoms with Crippen LogP contribution in [0.15, 0.2) is 110 Å². The monoisotopic (exact) mass is 588 g/mol. The van der Waals surface area contributed by atoms with Crippen molar-refractivity contribution in [1.29, 1.82) is 0 Å². The predicted molar refractivity (Wildman–Crippen MR) is 155 cm³/mol. The fourth-order valence-corrected chi connectivity index (χ4v) is 7.12. The first kappa shape index (κ1) is 20.8. The van der Waals surface area contributed by atoms with Crippen molar-refractivity contribution in [2.45, 2.75) is 5.41 Å². The van der Waals surface area contributed by atoms with E-state index in [0.29, 0.717) is 0 Å². The van der Waals surface area contributed by atoms with Crippen molar-refractivity contribution in [3.63, 3.8) is 0 Å². The van der Waals surface area contributed by atoms with Gasteiger partial charge in [0.05, 0.1) is 5.41 Å². The lowest BCUT2D eigenvalue weighted by molar-refractivity contribution is 0.668. The minimum atomic E-state index is -0.472. The summed E-state index contributed by atoms with van der Waals surface area (Å²) in [5.41, 5.74) is 11.5. The van der Waals surface area contributed by atoms with Crippen molar-refractivity contribution < 1.29 is 4.42 Å². The fraction of sp³-hybridized carbons (Fsp3) is 0.0303. The molecule has 1 heterocycles. The van der Waals surface area contributed by atoms with Crippen molar-refractivity contribution in [1.82, 2.24) is 0 Å². The van der Waals surface area contributed by atoms with E-state index in [1.807, 2.05) is 6.07 Å². The molecule has 0 saturated carbocycles. The third kappa shape index (κ3) is 2.60. The van der Waals surface area contributed by atoms with Gasteiger partial charge in [-0.2, -0.15) is 0 Å². The molecule has 170 valence electrons. The third-order valence-corrected chi connectivity index (χ3v) is 8.81. The second kappa shape index (κ2) is 7.32. The molecule has 6 aromatic rings. The van der Waals surface area contributed by atoms with Gasteiger partial charge in [0.15, 0.2) is 0 Å². The van der Waals surface area contributed by atoms with E-state index < -0.39 is 5.41 Å². The van der Waals surface area contributed by atoms with Gasteiger partial charge in [0.2, 0.25) is 0 Å². The van der Waals surface area contributed by atoms with Gasteiger partial charge in [-0.3, -0.25) is 0 Å². The summed E-state index contributed by atoms with van der Waals surface area (Å²) in [6, 6.07) is 35.2. The highest BCUT2D eigenvalue weighted by atomic mass is 79.9. The van der Waals surface area contributed by atoms with Crippen molar-refractivity contribution in [3.8, 4) is 11.1 Å². The van der Waals surface area contributed by atoms with E-state index in [-0.39, 0.29) is 0 Å². The van der Waals surface area contributed by atoms with Gasteiger partial charge in [-0.15, -0.1) is 0 Å². The number of furan rings is 1. The first-order valence-electron chi connectivity index (χ1n) is 12.0. The van der Waals surface area contributed by atoms with Gasteiger partial charge in [-0.05, 0) is 87.0 Å². The van der Waals surface area contributed by atoms with E-state index in [9.17, 15) is 0 Å². The van der Waals surface area contributed by atoms with Crippen LogP contribution in [0.5, 0.6) is 0 Å². The van der Waals surface area contributed by atoms with Gasteiger partial charge in [0, 0.05) is 19.7 Å². The number of hydrogen-bond donors (Lipinski definition) is 0. The highest BCUT2D eigenvalue weighted by Gasteiger charge is 2.49. The molecule has 0 saturated heterocycles. The second-order valence-electron chi connectivity index (χ2n) is 9.58. The van der Waals surface area contributed by atoms with Gasteiger partial charge in [-0.1, -0.05) is 98.6 Å². The summed E-state index contributed by atoms with van der Waals surface area (Å²) in [5, 5.41) is 2.30. The fourth-order valence-electron chi connectivity index (χ4n) is 6.40. The van der Waals surface area contributed by atoms with E-state index in [0.717, 1.165) is 30.9 Å². The van der Waals surface area contributed by atoms with Gasteiger partial charge in [0.25, 0.3) is 0 Å². The molecule has 1 nitrogen and oxygen atoms in total. The zero-order chi connectivity index (χ0) is 24.0. The SMILES string of the molecule is Brc1ccc2c(c1)C1(c3cc(Br)ccc3C=C2)c2ccccc2-c2cc3oc4ccccc4c3cc21. The Morgan fingerprint density at radius 1 is 0.500 bits per heavy atom. The lowest BCUT2D eigenvalue weighted by atomic mass is 9.66. The first-order valence-corrected chi connectivity index (χ1v) is 13.6. The van der Waals surface area contributed by atoms with Crippen LogP contribution in [0, 0.1) is 0 Å². The number of rotatable bonds is 0. The van der Waals surface area contributed by atoms with Crippen LogP contribution in [0.25, 0.3) is 45.2 Å². The average Bonchev–Trinajstić information content (AvgIpc) is 3.35. The van der Waals surface area contributed by atoms with Gasteiger partial charge in [-0.25, -0.2) is 0 Å². The standard InChI is InChI=1S/C33H18Br2O/c34-21-13-11-19-9-10-20-12-14-22(35)16-29(20)33(28(19)15-21)27-7-3-1-5-23(27)25-18-32-26(17-30(25)33)24-6-2-4-8-31(24)36-32/h1-18H. The average molecular weight is 590 g/mol. The molecule has 0 radical (unpaired) electrons. The summed E-state index contributed by atoms with van der Waals surface area (Å²) in [4.78, 5) is 0. The maximum absolute atomic E-state index is 6.34. The van der Waals surface area contributed by atoms with E-state index in [2.05, 4.69) is 135 Å². The lowest BCUT2D eigenvalue weighted by Crippen LogP contribution is -2.30. The largest absolute Gasteiger partial charge is 0.456 e. The Kier molecular flexibility index (Phi) is 4.22. The molecule has 8 rings (SSSR count). The molecule has 2 aliphatic carbocycles. The zero-order valence-corrected chi connectivity index (χ0v) is 22.2. The Morgan fingerprint density at radius 3 is 1.92 bits per heavy atom. The molecular weight excluding hydrogens is 572 g/mol. The molecule has 5 aromatic carbocycles. The molecule has 1 spiro atoms. The smallest absolute Gasteiger partial charge is 0.136 e. The van der Waals surface area contributed by atoms with Crippen molar-refractivity contribution in [2.75, 3.05) is 0 Å². The molecule has 3 heteroatoms. The summed E-state index contributed by atoms with van der Waals surface area (Å²) in [7, 11) is 0. The Labute approximate surface area is 225 Å². The number of hydrogen-bond acceptors (Lipinski definition) is 1. The van der Waals surface area contributed by atoms with Crippen LogP contribution < -0.4 is 0 Å². The van der Waals surface area contributed by atoms with E-state index in [1.165, 1.54) is 44.5 Å². The molecule has 0 N–H and O–H groups in total. The second-order valence-corrected chi connectivity index (χ2v) is 11.4. The number of fused-ring (bicyclic) bond motifs is 12. The number of para-hydroxylation sites is 1. The van der Waals surface area contributed by atoms with Crippen LogP contribution in [-0.4, -0.2) is 0 Å². The zero-order valence-electron chi connectivity index (χ0n) is 19.1. The number of halogens is 2.